The number of hydrogen-bond acceptors (Lipinski definition) is 3. The molecule has 0 unspecified atom stereocenters. The molecular formula is C12H23NO3. The number of carbonyl (C=O) groups is 1. The molecule has 0 aromatic carbocycles. The minimum absolute atomic E-state index is 0.167. The van der Waals surface area contributed by atoms with Crippen LogP contribution in [0.1, 0.15) is 46.0 Å². The largest absolute Gasteiger partial charge is 0.481 e. The van der Waals surface area contributed by atoms with Crippen LogP contribution in [0.4, 0.5) is 0 Å². The van der Waals surface area contributed by atoms with Crippen molar-refractivity contribution in [2.24, 2.45) is 0 Å². The molecule has 1 saturated carbocycles. The number of carboxylic acid groups (broad SMARTS) is 1. The highest BCUT2D eigenvalue weighted by Gasteiger charge is 2.34. The average Bonchev–Trinajstić information content (AvgIpc) is 3.07. The summed E-state index contributed by atoms with van der Waals surface area (Å²) in [7, 11) is 0. The van der Waals surface area contributed by atoms with Crippen molar-refractivity contribution in [2.45, 2.75) is 57.6 Å². The smallest absolute Gasteiger partial charge is 0.304 e. The molecule has 0 heterocycles. The van der Waals surface area contributed by atoms with Crippen molar-refractivity contribution >= 4 is 5.97 Å². The number of aliphatic carboxylic acids is 1. The summed E-state index contributed by atoms with van der Waals surface area (Å²) in [5, 5.41) is 18.9. The first kappa shape index (κ1) is 13.5. The minimum Gasteiger partial charge on any atom is -0.481 e. The molecule has 0 aromatic heterocycles. The van der Waals surface area contributed by atoms with E-state index in [2.05, 4.69) is 4.90 Å². The Kier molecular flexibility index (Phi) is 4.74. The van der Waals surface area contributed by atoms with Crippen molar-refractivity contribution in [1.82, 2.24) is 4.90 Å². The Bertz CT molecular complexity index is 234. The predicted octanol–water partition coefficient (Wildman–Crippen LogP) is 1.48. The van der Waals surface area contributed by atoms with Crippen LogP contribution in [0.2, 0.25) is 0 Å². The maximum absolute atomic E-state index is 10.6. The van der Waals surface area contributed by atoms with E-state index in [0.29, 0.717) is 19.1 Å². The van der Waals surface area contributed by atoms with Crippen LogP contribution in [-0.4, -0.2) is 45.8 Å². The van der Waals surface area contributed by atoms with Gasteiger partial charge in [-0.3, -0.25) is 9.69 Å². The topological polar surface area (TPSA) is 60.8 Å². The molecule has 0 aliphatic heterocycles. The van der Waals surface area contributed by atoms with Gasteiger partial charge in [0.1, 0.15) is 0 Å². The van der Waals surface area contributed by atoms with Crippen LogP contribution >= 0.6 is 0 Å². The molecule has 1 aliphatic carbocycles. The molecule has 94 valence electrons. The summed E-state index contributed by atoms with van der Waals surface area (Å²) in [4.78, 5) is 12.7. The SMILES string of the molecule is CCC(O)(CC)CN(CCC(=O)O)C1CC1. The van der Waals surface area contributed by atoms with Gasteiger partial charge in [-0.25, -0.2) is 0 Å². The fraction of sp³-hybridized carbons (Fsp3) is 0.917. The van der Waals surface area contributed by atoms with Gasteiger partial charge in [0.2, 0.25) is 0 Å². The normalized spacial score (nSPS) is 16.8. The Morgan fingerprint density at radius 3 is 2.31 bits per heavy atom. The molecule has 1 rings (SSSR count). The monoisotopic (exact) mass is 229 g/mol. The van der Waals surface area contributed by atoms with Gasteiger partial charge in [0.15, 0.2) is 0 Å². The van der Waals surface area contributed by atoms with Gasteiger partial charge in [-0.1, -0.05) is 13.8 Å². The summed E-state index contributed by atoms with van der Waals surface area (Å²) < 4.78 is 0. The van der Waals surface area contributed by atoms with E-state index in [1.165, 1.54) is 0 Å². The highest BCUT2D eigenvalue weighted by molar-refractivity contribution is 5.66. The maximum atomic E-state index is 10.6. The maximum Gasteiger partial charge on any atom is 0.304 e. The zero-order valence-corrected chi connectivity index (χ0v) is 10.3. The Labute approximate surface area is 97.3 Å². The van der Waals surface area contributed by atoms with Gasteiger partial charge >= 0.3 is 5.97 Å². The average molecular weight is 229 g/mol. The zero-order chi connectivity index (χ0) is 12.2. The highest BCUT2D eigenvalue weighted by atomic mass is 16.4. The molecule has 0 saturated heterocycles. The second-order valence-corrected chi connectivity index (χ2v) is 4.78. The zero-order valence-electron chi connectivity index (χ0n) is 10.3. The summed E-state index contributed by atoms with van der Waals surface area (Å²) >= 11 is 0. The molecule has 0 amide bonds. The first-order chi connectivity index (χ1) is 7.50. The van der Waals surface area contributed by atoms with Gasteiger partial charge in [-0.05, 0) is 25.7 Å². The first-order valence-electron chi connectivity index (χ1n) is 6.19. The lowest BCUT2D eigenvalue weighted by molar-refractivity contribution is -0.137. The molecule has 4 heteroatoms. The molecule has 4 nitrogen and oxygen atoms in total. The van der Waals surface area contributed by atoms with E-state index in [9.17, 15) is 9.90 Å². The van der Waals surface area contributed by atoms with E-state index < -0.39 is 11.6 Å². The molecule has 0 aromatic rings. The summed E-state index contributed by atoms with van der Waals surface area (Å²) in [6.45, 7) is 5.12. The van der Waals surface area contributed by atoms with E-state index in [0.717, 1.165) is 25.7 Å². The van der Waals surface area contributed by atoms with Gasteiger partial charge < -0.3 is 10.2 Å². The number of carboxylic acids is 1. The predicted molar refractivity (Wildman–Crippen MR) is 62.4 cm³/mol. The van der Waals surface area contributed by atoms with Gasteiger partial charge in [0, 0.05) is 19.1 Å². The van der Waals surface area contributed by atoms with E-state index in [1.54, 1.807) is 0 Å². The fourth-order valence-electron chi connectivity index (χ4n) is 1.92. The molecular weight excluding hydrogens is 206 g/mol. The molecule has 0 bridgehead atoms. The van der Waals surface area contributed by atoms with Gasteiger partial charge in [0.25, 0.3) is 0 Å². The van der Waals surface area contributed by atoms with Crippen LogP contribution < -0.4 is 0 Å². The van der Waals surface area contributed by atoms with Crippen LogP contribution in [0.25, 0.3) is 0 Å². The van der Waals surface area contributed by atoms with Crippen molar-refractivity contribution in [3.8, 4) is 0 Å². The molecule has 0 radical (unpaired) electrons. The minimum atomic E-state index is -0.762. The third-order valence-corrected chi connectivity index (χ3v) is 3.49. The highest BCUT2D eigenvalue weighted by Crippen LogP contribution is 2.29. The van der Waals surface area contributed by atoms with Crippen molar-refractivity contribution in [1.29, 1.82) is 0 Å². The summed E-state index contributed by atoms with van der Waals surface area (Å²) in [6, 6.07) is 0.504. The van der Waals surface area contributed by atoms with Crippen molar-refractivity contribution < 1.29 is 15.0 Å². The Hall–Kier alpha value is -0.610. The van der Waals surface area contributed by atoms with Crippen LogP contribution in [-0.2, 0) is 4.79 Å². The van der Waals surface area contributed by atoms with E-state index in [4.69, 9.17) is 5.11 Å². The van der Waals surface area contributed by atoms with Crippen molar-refractivity contribution in [3.63, 3.8) is 0 Å². The second kappa shape index (κ2) is 5.64. The van der Waals surface area contributed by atoms with Gasteiger partial charge in [-0.15, -0.1) is 0 Å². The Morgan fingerprint density at radius 1 is 1.38 bits per heavy atom. The third kappa shape index (κ3) is 4.10. The molecule has 0 spiro atoms. The first-order valence-corrected chi connectivity index (χ1v) is 6.19. The summed E-state index contributed by atoms with van der Waals surface area (Å²) in [5.41, 5.74) is -0.652. The second-order valence-electron chi connectivity index (χ2n) is 4.78. The van der Waals surface area contributed by atoms with Crippen molar-refractivity contribution in [3.05, 3.63) is 0 Å². The molecule has 0 atom stereocenters. The van der Waals surface area contributed by atoms with E-state index in [1.807, 2.05) is 13.8 Å². The lowest BCUT2D eigenvalue weighted by Gasteiger charge is -2.32. The van der Waals surface area contributed by atoms with Gasteiger partial charge in [0.05, 0.1) is 12.0 Å². The number of aliphatic hydroxyl groups is 1. The number of nitrogens with zero attached hydrogens (tertiary/aromatic N) is 1. The Balaban J connectivity index is 2.46. The van der Waals surface area contributed by atoms with Crippen LogP contribution in [0.15, 0.2) is 0 Å². The van der Waals surface area contributed by atoms with E-state index in [-0.39, 0.29) is 6.42 Å². The van der Waals surface area contributed by atoms with Crippen LogP contribution in [0.5, 0.6) is 0 Å². The van der Waals surface area contributed by atoms with E-state index >= 15 is 0 Å². The third-order valence-electron chi connectivity index (χ3n) is 3.49. The summed E-state index contributed by atoms with van der Waals surface area (Å²) in [5.74, 6) is -0.762. The molecule has 1 fully saturated rings. The fourth-order valence-corrected chi connectivity index (χ4v) is 1.92. The lowest BCUT2D eigenvalue weighted by Crippen LogP contribution is -2.44. The molecule has 1 aliphatic rings. The summed E-state index contributed by atoms with van der Waals surface area (Å²) in [6.07, 6.45) is 3.89. The van der Waals surface area contributed by atoms with Crippen molar-refractivity contribution in [2.75, 3.05) is 13.1 Å². The molecule has 2 N–H and O–H groups in total. The van der Waals surface area contributed by atoms with Crippen LogP contribution in [0, 0.1) is 0 Å². The lowest BCUT2D eigenvalue weighted by atomic mass is 9.96. The standard InChI is InChI=1S/C12H23NO3/c1-3-12(16,4-2)9-13(10-5-6-10)8-7-11(14)15/h10,16H,3-9H2,1-2H3,(H,14,15). The Morgan fingerprint density at radius 2 is 1.94 bits per heavy atom. The van der Waals surface area contributed by atoms with Gasteiger partial charge in [-0.2, -0.15) is 0 Å². The quantitative estimate of drug-likeness (QED) is 0.662. The molecule has 16 heavy (non-hydrogen) atoms. The number of hydrogen-bond donors (Lipinski definition) is 2. The van der Waals surface area contributed by atoms with Crippen LogP contribution in [0.3, 0.4) is 0 Å². The number of rotatable bonds is 8.